The van der Waals surface area contributed by atoms with Gasteiger partial charge in [0.05, 0.1) is 0 Å². The number of nitrogens with zero attached hydrogens (tertiary/aromatic N) is 1. The number of amides is 1. The first-order valence-corrected chi connectivity index (χ1v) is 12.0. The van der Waals surface area contributed by atoms with E-state index in [1.165, 1.54) is 5.56 Å². The minimum atomic E-state index is -0.339. The average Bonchev–Trinajstić information content (AvgIpc) is 3.25. The van der Waals surface area contributed by atoms with Crippen molar-refractivity contribution in [3.63, 3.8) is 0 Å². The number of carbonyl (C=O) groups excluding carboxylic acids is 1. The van der Waals surface area contributed by atoms with Crippen molar-refractivity contribution in [3.05, 3.63) is 77.4 Å². The molecule has 1 atom stereocenters. The number of hydrogen-bond acceptors (Lipinski definition) is 5. The molecule has 0 aliphatic carbocycles. The summed E-state index contributed by atoms with van der Waals surface area (Å²) >= 11 is 5.31. The molecule has 1 heterocycles. The first kappa shape index (κ1) is 24.4. The summed E-state index contributed by atoms with van der Waals surface area (Å²) in [4.78, 5) is 17.0. The molecule has 0 saturated carbocycles. The second-order valence-corrected chi connectivity index (χ2v) is 9.16. The molecule has 0 unspecified atom stereocenters. The summed E-state index contributed by atoms with van der Waals surface area (Å²) in [7, 11) is 0. The van der Waals surface area contributed by atoms with E-state index in [1.54, 1.807) is 0 Å². The van der Waals surface area contributed by atoms with Crippen molar-refractivity contribution in [2.24, 2.45) is 0 Å². The summed E-state index contributed by atoms with van der Waals surface area (Å²) in [6.07, 6.45) is 1.07. The SMILES string of the molecule is CC[C@@H](C)c1ccc2oc(-c3cccc(NC(=S)NC(=O)COc4cc(C)cc(C)c4)c3)nc2c1. The van der Waals surface area contributed by atoms with E-state index in [0.29, 0.717) is 23.2 Å². The number of benzene rings is 3. The van der Waals surface area contributed by atoms with Gasteiger partial charge >= 0.3 is 0 Å². The summed E-state index contributed by atoms with van der Waals surface area (Å²) in [5, 5.41) is 5.87. The maximum Gasteiger partial charge on any atom is 0.264 e. The fourth-order valence-corrected chi connectivity index (χ4v) is 4.06. The smallest absolute Gasteiger partial charge is 0.264 e. The van der Waals surface area contributed by atoms with E-state index in [1.807, 2.05) is 62.4 Å². The van der Waals surface area contributed by atoms with Gasteiger partial charge in [-0.3, -0.25) is 10.1 Å². The standard InChI is InChI=1S/C28H29N3O3S/c1-5-19(4)20-9-10-25-24(15-20)30-27(34-25)21-7-6-8-22(14-21)29-28(35)31-26(32)16-33-23-12-17(2)11-18(3)13-23/h6-15,19H,5,16H2,1-4H3,(H2,29,31,32,35)/t19-/m1/s1. The topological polar surface area (TPSA) is 76.4 Å². The second kappa shape index (κ2) is 10.7. The molecular weight excluding hydrogens is 458 g/mol. The van der Waals surface area contributed by atoms with Crippen LogP contribution in [0.3, 0.4) is 0 Å². The Hall–Kier alpha value is -3.71. The Balaban J connectivity index is 1.38. The molecule has 1 amide bonds. The molecule has 0 aliphatic heterocycles. The van der Waals surface area contributed by atoms with Crippen molar-refractivity contribution in [3.8, 4) is 17.2 Å². The Labute approximate surface area is 210 Å². The minimum absolute atomic E-state index is 0.133. The molecular formula is C28H29N3O3S. The van der Waals surface area contributed by atoms with Crippen molar-refractivity contribution in [1.29, 1.82) is 0 Å². The van der Waals surface area contributed by atoms with Crippen molar-refractivity contribution < 1.29 is 13.9 Å². The number of carbonyl (C=O) groups is 1. The zero-order valence-electron chi connectivity index (χ0n) is 20.3. The highest BCUT2D eigenvalue weighted by Gasteiger charge is 2.12. The maximum atomic E-state index is 12.3. The number of oxazole rings is 1. The van der Waals surface area contributed by atoms with Crippen LogP contribution < -0.4 is 15.4 Å². The zero-order chi connectivity index (χ0) is 24.9. The van der Waals surface area contributed by atoms with E-state index >= 15 is 0 Å². The lowest BCUT2D eigenvalue weighted by Gasteiger charge is -2.11. The molecule has 6 nitrogen and oxygen atoms in total. The molecule has 180 valence electrons. The van der Waals surface area contributed by atoms with Gasteiger partial charge < -0.3 is 14.5 Å². The molecule has 35 heavy (non-hydrogen) atoms. The predicted molar refractivity (Wildman–Crippen MR) is 144 cm³/mol. The Morgan fingerprint density at radius 2 is 1.86 bits per heavy atom. The molecule has 4 aromatic rings. The van der Waals surface area contributed by atoms with E-state index in [4.69, 9.17) is 21.4 Å². The van der Waals surface area contributed by atoms with Crippen molar-refractivity contribution in [1.82, 2.24) is 10.3 Å². The van der Waals surface area contributed by atoms with Gasteiger partial charge in [0.25, 0.3) is 5.91 Å². The fourth-order valence-electron chi connectivity index (χ4n) is 3.83. The first-order chi connectivity index (χ1) is 16.8. The third-order valence-electron chi connectivity index (χ3n) is 5.78. The van der Waals surface area contributed by atoms with Gasteiger partial charge in [-0.25, -0.2) is 4.98 Å². The normalized spacial score (nSPS) is 11.8. The molecule has 0 aliphatic rings. The summed E-state index contributed by atoms with van der Waals surface area (Å²) < 4.78 is 11.6. The lowest BCUT2D eigenvalue weighted by Crippen LogP contribution is -2.37. The number of aromatic nitrogens is 1. The monoisotopic (exact) mass is 487 g/mol. The number of rotatable bonds is 7. The highest BCUT2D eigenvalue weighted by Crippen LogP contribution is 2.29. The van der Waals surface area contributed by atoms with Gasteiger partial charge in [0.1, 0.15) is 11.3 Å². The zero-order valence-corrected chi connectivity index (χ0v) is 21.2. The van der Waals surface area contributed by atoms with Gasteiger partial charge in [0, 0.05) is 11.3 Å². The third-order valence-corrected chi connectivity index (χ3v) is 5.98. The predicted octanol–water partition coefficient (Wildman–Crippen LogP) is 6.52. The highest BCUT2D eigenvalue weighted by molar-refractivity contribution is 7.80. The average molecular weight is 488 g/mol. The molecule has 0 bridgehead atoms. The molecule has 0 fully saturated rings. The minimum Gasteiger partial charge on any atom is -0.484 e. The second-order valence-electron chi connectivity index (χ2n) is 8.75. The number of aryl methyl sites for hydroxylation is 2. The lowest BCUT2D eigenvalue weighted by atomic mass is 9.98. The fraction of sp³-hybridized carbons (Fsp3) is 0.250. The van der Waals surface area contributed by atoms with Crippen LogP contribution in [0.15, 0.2) is 65.1 Å². The quantitative estimate of drug-likeness (QED) is 0.289. The van der Waals surface area contributed by atoms with Crippen LogP contribution in [0.25, 0.3) is 22.6 Å². The van der Waals surface area contributed by atoms with Crippen molar-refractivity contribution in [2.45, 2.75) is 40.0 Å². The molecule has 7 heteroatoms. The Bertz CT molecular complexity index is 1360. The molecule has 0 saturated heterocycles. The van der Waals surface area contributed by atoms with Gasteiger partial charge in [-0.15, -0.1) is 0 Å². The molecule has 4 rings (SSSR count). The van der Waals surface area contributed by atoms with E-state index < -0.39 is 0 Å². The van der Waals surface area contributed by atoms with Crippen LogP contribution in [0, 0.1) is 13.8 Å². The molecule has 0 spiro atoms. The van der Waals surface area contributed by atoms with E-state index in [9.17, 15) is 4.79 Å². The van der Waals surface area contributed by atoms with Crippen LogP contribution in [0.1, 0.15) is 42.9 Å². The molecule has 3 aromatic carbocycles. The summed E-state index contributed by atoms with van der Waals surface area (Å²) in [5.41, 5.74) is 6.51. The van der Waals surface area contributed by atoms with E-state index in [0.717, 1.165) is 34.2 Å². The van der Waals surface area contributed by atoms with E-state index in [2.05, 4.69) is 41.6 Å². The Kier molecular flexibility index (Phi) is 7.46. The number of hydrogen-bond donors (Lipinski definition) is 2. The van der Waals surface area contributed by atoms with Crippen LogP contribution in [0.5, 0.6) is 5.75 Å². The Morgan fingerprint density at radius 1 is 1.09 bits per heavy atom. The number of fused-ring (bicyclic) bond motifs is 1. The van der Waals surface area contributed by atoms with Gasteiger partial charge in [-0.05, 0) is 97.6 Å². The number of thiocarbonyl (C=S) groups is 1. The Morgan fingerprint density at radius 3 is 2.60 bits per heavy atom. The van der Waals surface area contributed by atoms with Gasteiger partial charge in [0.2, 0.25) is 5.89 Å². The van der Waals surface area contributed by atoms with Gasteiger partial charge in [-0.1, -0.05) is 32.0 Å². The van der Waals surface area contributed by atoms with Crippen LogP contribution in [-0.2, 0) is 4.79 Å². The summed E-state index contributed by atoms with van der Waals surface area (Å²) in [6.45, 7) is 8.21. The molecule has 2 N–H and O–H groups in total. The van der Waals surface area contributed by atoms with Crippen LogP contribution in [0.4, 0.5) is 5.69 Å². The third kappa shape index (κ3) is 6.25. The maximum absolute atomic E-state index is 12.3. The summed E-state index contributed by atoms with van der Waals surface area (Å²) in [6, 6.07) is 19.5. The van der Waals surface area contributed by atoms with Crippen molar-refractivity contribution >= 4 is 40.0 Å². The van der Waals surface area contributed by atoms with E-state index in [-0.39, 0.29) is 17.6 Å². The van der Waals surface area contributed by atoms with Crippen LogP contribution >= 0.6 is 12.2 Å². The molecule has 1 aromatic heterocycles. The highest BCUT2D eigenvalue weighted by atomic mass is 32.1. The number of anilines is 1. The summed E-state index contributed by atoms with van der Waals surface area (Å²) in [5.74, 6) is 1.31. The van der Waals surface area contributed by atoms with Gasteiger partial charge in [-0.2, -0.15) is 0 Å². The number of nitrogens with one attached hydrogen (secondary N) is 2. The van der Waals surface area contributed by atoms with Crippen LogP contribution in [0.2, 0.25) is 0 Å². The number of ether oxygens (including phenoxy) is 1. The molecule has 0 radical (unpaired) electrons. The van der Waals surface area contributed by atoms with Gasteiger partial charge in [0.15, 0.2) is 17.3 Å². The first-order valence-electron chi connectivity index (χ1n) is 11.6. The largest absolute Gasteiger partial charge is 0.484 e. The van der Waals surface area contributed by atoms with Crippen LogP contribution in [-0.4, -0.2) is 22.6 Å². The lowest BCUT2D eigenvalue weighted by molar-refractivity contribution is -0.121. The van der Waals surface area contributed by atoms with Crippen molar-refractivity contribution in [2.75, 3.05) is 11.9 Å².